The Morgan fingerprint density at radius 2 is 1.55 bits per heavy atom. The van der Waals surface area contributed by atoms with Gasteiger partial charge in [-0.25, -0.2) is 4.68 Å². The second-order valence-electron chi connectivity index (χ2n) is 10.6. The fourth-order valence-corrected chi connectivity index (χ4v) is 5.99. The molecule has 7 aromatic rings. The number of aromatic nitrogens is 5. The summed E-state index contributed by atoms with van der Waals surface area (Å²) in [7, 11) is 0. The second-order valence-corrected chi connectivity index (χ2v) is 12.0. The van der Waals surface area contributed by atoms with E-state index in [-0.39, 0.29) is 5.56 Å². The fraction of sp³-hybridized carbons (Fsp3) is 0.0811. The Balaban J connectivity index is 1.17. The number of halogens is 1. The molecule has 10 heteroatoms. The van der Waals surface area contributed by atoms with Gasteiger partial charge >= 0.3 is 0 Å². The van der Waals surface area contributed by atoms with E-state index in [1.54, 1.807) is 6.08 Å². The Morgan fingerprint density at radius 1 is 0.830 bits per heavy atom. The van der Waals surface area contributed by atoms with Crippen molar-refractivity contribution < 1.29 is 9.47 Å². The van der Waals surface area contributed by atoms with Gasteiger partial charge in [-0.1, -0.05) is 71.5 Å². The molecule has 0 aliphatic carbocycles. The van der Waals surface area contributed by atoms with Gasteiger partial charge in [0, 0.05) is 22.3 Å². The van der Waals surface area contributed by atoms with Crippen LogP contribution in [-0.2, 0) is 6.61 Å². The maximum atomic E-state index is 13.4. The van der Waals surface area contributed by atoms with Crippen LogP contribution in [0.25, 0.3) is 40.1 Å². The van der Waals surface area contributed by atoms with Crippen LogP contribution in [0.2, 0.25) is 5.02 Å². The third kappa shape index (κ3) is 6.86. The average Bonchev–Trinajstić information content (AvgIpc) is 3.79. The van der Waals surface area contributed by atoms with E-state index in [1.165, 1.54) is 15.9 Å². The van der Waals surface area contributed by atoms with Crippen LogP contribution in [0.3, 0.4) is 0 Å². The number of rotatable bonds is 10. The Bertz CT molecular complexity index is 2280. The first-order chi connectivity index (χ1) is 23.0. The van der Waals surface area contributed by atoms with Gasteiger partial charge in [0.15, 0.2) is 5.82 Å². The lowest BCUT2D eigenvalue weighted by atomic mass is 10.1. The molecule has 47 heavy (non-hydrogen) atoms. The number of hydrogen-bond donors (Lipinski definition) is 0. The summed E-state index contributed by atoms with van der Waals surface area (Å²) in [5, 5.41) is 10.1. The van der Waals surface area contributed by atoms with E-state index in [1.807, 2.05) is 133 Å². The summed E-state index contributed by atoms with van der Waals surface area (Å²) in [5.41, 5.74) is 5.09. The SMILES string of the molecule is CCOc1ccc(/C=C/c2nc3s/c(=C\c4cn(-c5ccccc5)nc4-c4ccc(OCc5ccc(Cl)cc5)cc4)c(=O)n3n2)cc1. The molecule has 232 valence electrons. The number of fused-ring (bicyclic) bond motifs is 1. The third-order valence-corrected chi connectivity index (χ3v) is 8.52. The van der Waals surface area contributed by atoms with E-state index in [2.05, 4.69) is 10.1 Å². The van der Waals surface area contributed by atoms with Gasteiger partial charge in [-0.2, -0.15) is 14.6 Å². The fourth-order valence-electron chi connectivity index (χ4n) is 4.96. The Kier molecular flexibility index (Phi) is 8.64. The molecule has 0 saturated heterocycles. The zero-order valence-corrected chi connectivity index (χ0v) is 26.9. The maximum Gasteiger partial charge on any atom is 0.291 e. The molecule has 0 radical (unpaired) electrons. The minimum Gasteiger partial charge on any atom is -0.494 e. The highest BCUT2D eigenvalue weighted by molar-refractivity contribution is 7.15. The Hall–Kier alpha value is -5.51. The van der Waals surface area contributed by atoms with Crippen molar-refractivity contribution in [1.82, 2.24) is 24.4 Å². The minimum atomic E-state index is -0.234. The molecule has 3 aromatic heterocycles. The molecule has 8 nitrogen and oxygen atoms in total. The molecular weight excluding hydrogens is 630 g/mol. The molecule has 7 rings (SSSR count). The molecule has 3 heterocycles. The molecule has 0 N–H and O–H groups in total. The topological polar surface area (TPSA) is 83.5 Å². The van der Waals surface area contributed by atoms with E-state index < -0.39 is 0 Å². The number of thiazole rings is 1. The Morgan fingerprint density at radius 3 is 2.28 bits per heavy atom. The monoisotopic (exact) mass is 657 g/mol. The lowest BCUT2D eigenvalue weighted by Crippen LogP contribution is -2.23. The average molecular weight is 658 g/mol. The molecule has 0 aliphatic rings. The quantitative estimate of drug-likeness (QED) is 0.153. The van der Waals surface area contributed by atoms with Gasteiger partial charge in [-0.05, 0) is 90.9 Å². The van der Waals surface area contributed by atoms with E-state index >= 15 is 0 Å². The van der Waals surface area contributed by atoms with Gasteiger partial charge in [-0.15, -0.1) is 5.10 Å². The van der Waals surface area contributed by atoms with Gasteiger partial charge in [-0.3, -0.25) is 4.79 Å². The minimum absolute atomic E-state index is 0.234. The molecule has 0 amide bonds. The second kappa shape index (κ2) is 13.5. The predicted molar refractivity (Wildman–Crippen MR) is 187 cm³/mol. The molecule has 0 unspecified atom stereocenters. The zero-order valence-electron chi connectivity index (χ0n) is 25.3. The first kappa shape index (κ1) is 30.2. The van der Waals surface area contributed by atoms with Crippen molar-refractivity contribution in [2.24, 2.45) is 0 Å². The molecular formula is C37H28ClN5O3S. The number of hydrogen-bond acceptors (Lipinski definition) is 7. The van der Waals surface area contributed by atoms with Gasteiger partial charge in [0.05, 0.1) is 16.8 Å². The van der Waals surface area contributed by atoms with Crippen molar-refractivity contribution in [3.8, 4) is 28.4 Å². The molecule has 0 atom stereocenters. The van der Waals surface area contributed by atoms with Crippen molar-refractivity contribution in [3.05, 3.63) is 152 Å². The predicted octanol–water partition coefficient (Wildman–Crippen LogP) is 7.35. The van der Waals surface area contributed by atoms with Crippen LogP contribution in [0.5, 0.6) is 11.5 Å². The summed E-state index contributed by atoms with van der Waals surface area (Å²) in [5.74, 6) is 2.01. The number of ether oxygens (including phenoxy) is 2. The van der Waals surface area contributed by atoms with Crippen molar-refractivity contribution in [2.75, 3.05) is 6.61 Å². The van der Waals surface area contributed by atoms with Crippen LogP contribution >= 0.6 is 22.9 Å². The molecule has 4 aromatic carbocycles. The molecule has 0 bridgehead atoms. The largest absolute Gasteiger partial charge is 0.494 e. The zero-order chi connectivity index (χ0) is 32.2. The van der Waals surface area contributed by atoms with Crippen molar-refractivity contribution >= 4 is 46.1 Å². The molecule has 0 aliphatic heterocycles. The van der Waals surface area contributed by atoms with Crippen molar-refractivity contribution in [3.63, 3.8) is 0 Å². The smallest absolute Gasteiger partial charge is 0.291 e. The van der Waals surface area contributed by atoms with Gasteiger partial charge in [0.1, 0.15) is 23.8 Å². The summed E-state index contributed by atoms with van der Waals surface area (Å²) in [4.78, 5) is 18.5. The molecule has 0 saturated carbocycles. The number of nitrogens with zero attached hydrogens (tertiary/aromatic N) is 5. The first-order valence-corrected chi connectivity index (χ1v) is 16.2. The van der Waals surface area contributed by atoms with Crippen LogP contribution in [0.1, 0.15) is 29.4 Å². The Labute approximate surface area is 279 Å². The van der Waals surface area contributed by atoms with Crippen LogP contribution < -0.4 is 19.6 Å². The van der Waals surface area contributed by atoms with Crippen LogP contribution in [0, 0.1) is 0 Å². The lowest BCUT2D eigenvalue weighted by molar-refractivity contribution is 0.306. The maximum absolute atomic E-state index is 13.4. The van der Waals surface area contributed by atoms with E-state index in [4.69, 9.17) is 26.2 Å². The first-order valence-electron chi connectivity index (χ1n) is 15.0. The van der Waals surface area contributed by atoms with Crippen LogP contribution in [0.15, 0.2) is 114 Å². The summed E-state index contributed by atoms with van der Waals surface area (Å²) < 4.78 is 15.2. The third-order valence-electron chi connectivity index (χ3n) is 7.31. The molecule has 0 fully saturated rings. The van der Waals surface area contributed by atoms with Gasteiger partial charge in [0.25, 0.3) is 5.56 Å². The van der Waals surface area contributed by atoms with E-state index in [9.17, 15) is 4.79 Å². The van der Waals surface area contributed by atoms with E-state index in [0.29, 0.717) is 33.6 Å². The van der Waals surface area contributed by atoms with E-state index in [0.717, 1.165) is 45.1 Å². The highest BCUT2D eigenvalue weighted by atomic mass is 35.5. The normalized spacial score (nSPS) is 11.9. The highest BCUT2D eigenvalue weighted by Crippen LogP contribution is 2.27. The number of benzene rings is 4. The van der Waals surface area contributed by atoms with Gasteiger partial charge < -0.3 is 9.47 Å². The molecule has 0 spiro atoms. The van der Waals surface area contributed by atoms with Crippen LogP contribution in [-0.4, -0.2) is 31.0 Å². The van der Waals surface area contributed by atoms with Crippen molar-refractivity contribution in [2.45, 2.75) is 13.5 Å². The lowest BCUT2D eigenvalue weighted by Gasteiger charge is -2.07. The summed E-state index contributed by atoms with van der Waals surface area (Å²) >= 11 is 7.29. The van der Waals surface area contributed by atoms with Crippen LogP contribution in [0.4, 0.5) is 0 Å². The summed E-state index contributed by atoms with van der Waals surface area (Å²) in [6, 6.07) is 33.0. The summed E-state index contributed by atoms with van der Waals surface area (Å²) in [6.45, 7) is 3.00. The highest BCUT2D eigenvalue weighted by Gasteiger charge is 2.14. The number of para-hydroxylation sites is 1. The van der Waals surface area contributed by atoms with Crippen molar-refractivity contribution in [1.29, 1.82) is 0 Å². The standard InChI is InChI=1S/C37H28ClN5O3S/c1-2-45-31-17-10-25(11-18-31)12-21-34-39-37-43(40-34)36(44)33(47-37)22-28-23-42(30-6-4-3-5-7-30)41-35(28)27-13-19-32(20-14-27)46-24-26-8-15-29(38)16-9-26/h3-23H,2,24H2,1H3/b21-12+,33-22-. The summed E-state index contributed by atoms with van der Waals surface area (Å²) in [6.07, 6.45) is 7.48. The van der Waals surface area contributed by atoms with Gasteiger partial charge in [0.2, 0.25) is 4.96 Å².